The minimum absolute atomic E-state index is 0.0584. The van der Waals surface area contributed by atoms with Crippen molar-refractivity contribution < 1.29 is 23.5 Å². The number of hydrogen-bond acceptors (Lipinski definition) is 5. The largest absolute Gasteiger partial charge is 0.469 e. The van der Waals surface area contributed by atoms with Gasteiger partial charge < -0.3 is 15.4 Å². The molecule has 37 heavy (non-hydrogen) atoms. The van der Waals surface area contributed by atoms with E-state index in [0.717, 1.165) is 16.8 Å². The molecule has 2 aromatic carbocycles. The smallest absolute Gasteiger partial charge is 0.308 e. The molecule has 0 saturated heterocycles. The first-order chi connectivity index (χ1) is 17.6. The standard InChI is InChI=1S/C29H32FN3O4/c1-19(28(36)37-4)17-25(27(35)33-29(2,3)18-20-8-14-23(30)15-9-20)32-26(34)22-12-10-21(11-13-22)24-7-5-6-16-31-24/h5-16,19,25H,17-18H2,1-4H3,(H,32,34)(H,33,35). The topological polar surface area (TPSA) is 97.4 Å². The van der Waals surface area contributed by atoms with E-state index in [9.17, 15) is 18.8 Å². The highest BCUT2D eigenvalue weighted by Crippen LogP contribution is 2.18. The van der Waals surface area contributed by atoms with Crippen molar-refractivity contribution >= 4 is 17.8 Å². The summed E-state index contributed by atoms with van der Waals surface area (Å²) in [6, 6.07) is 17.6. The van der Waals surface area contributed by atoms with Gasteiger partial charge in [-0.15, -0.1) is 0 Å². The number of methoxy groups -OCH3 is 1. The third-order valence-corrected chi connectivity index (χ3v) is 5.94. The number of nitrogens with one attached hydrogen (secondary N) is 2. The molecule has 0 spiro atoms. The van der Waals surface area contributed by atoms with Crippen LogP contribution in [0.3, 0.4) is 0 Å². The molecule has 194 valence electrons. The summed E-state index contributed by atoms with van der Waals surface area (Å²) in [5.41, 5.74) is 2.16. The molecule has 2 amide bonds. The Morgan fingerprint density at radius 3 is 2.27 bits per heavy atom. The lowest BCUT2D eigenvalue weighted by molar-refractivity contribution is -0.145. The van der Waals surface area contributed by atoms with Crippen molar-refractivity contribution in [3.05, 3.63) is 89.9 Å². The second kappa shape index (κ2) is 12.3. The molecule has 3 rings (SSSR count). The van der Waals surface area contributed by atoms with Gasteiger partial charge in [-0.3, -0.25) is 19.4 Å². The highest BCUT2D eigenvalue weighted by atomic mass is 19.1. The van der Waals surface area contributed by atoms with Gasteiger partial charge in [0.25, 0.3) is 5.91 Å². The molecule has 0 radical (unpaired) electrons. The number of aromatic nitrogens is 1. The van der Waals surface area contributed by atoms with Crippen molar-refractivity contribution in [3.63, 3.8) is 0 Å². The maximum atomic E-state index is 13.3. The first-order valence-corrected chi connectivity index (χ1v) is 12.0. The Bertz CT molecular complexity index is 1210. The van der Waals surface area contributed by atoms with E-state index in [1.807, 2.05) is 32.0 Å². The normalized spacial score (nSPS) is 12.8. The van der Waals surface area contributed by atoms with Crippen LogP contribution in [0, 0.1) is 11.7 Å². The predicted octanol–water partition coefficient (Wildman–Crippen LogP) is 4.32. The number of hydrogen-bond donors (Lipinski definition) is 2. The zero-order valence-electron chi connectivity index (χ0n) is 21.5. The summed E-state index contributed by atoms with van der Waals surface area (Å²) in [6.45, 7) is 5.32. The lowest BCUT2D eigenvalue weighted by Gasteiger charge is -2.30. The Morgan fingerprint density at radius 2 is 1.68 bits per heavy atom. The van der Waals surface area contributed by atoms with Gasteiger partial charge in [0.2, 0.25) is 5.91 Å². The molecule has 3 aromatic rings. The van der Waals surface area contributed by atoms with Crippen LogP contribution in [0.2, 0.25) is 0 Å². The summed E-state index contributed by atoms with van der Waals surface area (Å²) in [4.78, 5) is 42.7. The van der Waals surface area contributed by atoms with Gasteiger partial charge in [0.15, 0.2) is 0 Å². The Morgan fingerprint density at radius 1 is 1.00 bits per heavy atom. The van der Waals surface area contributed by atoms with E-state index >= 15 is 0 Å². The summed E-state index contributed by atoms with van der Waals surface area (Å²) in [5, 5.41) is 5.73. The molecule has 7 nitrogen and oxygen atoms in total. The van der Waals surface area contributed by atoms with Crippen LogP contribution in [-0.2, 0) is 20.7 Å². The van der Waals surface area contributed by atoms with Crippen molar-refractivity contribution in [2.24, 2.45) is 5.92 Å². The van der Waals surface area contributed by atoms with Gasteiger partial charge in [0.1, 0.15) is 11.9 Å². The highest BCUT2D eigenvalue weighted by molar-refractivity contribution is 5.98. The second-order valence-corrected chi connectivity index (χ2v) is 9.65. The number of carbonyl (C=O) groups is 3. The van der Waals surface area contributed by atoms with Crippen LogP contribution in [0.5, 0.6) is 0 Å². The number of ether oxygens (including phenoxy) is 1. The monoisotopic (exact) mass is 505 g/mol. The van der Waals surface area contributed by atoms with E-state index in [2.05, 4.69) is 15.6 Å². The first kappa shape index (κ1) is 27.5. The molecule has 1 aromatic heterocycles. The number of nitrogens with zero attached hydrogens (tertiary/aromatic N) is 1. The van der Waals surface area contributed by atoms with Crippen molar-refractivity contribution in [1.82, 2.24) is 15.6 Å². The van der Waals surface area contributed by atoms with Crippen LogP contribution in [0.15, 0.2) is 72.9 Å². The molecule has 1 heterocycles. The molecular weight excluding hydrogens is 473 g/mol. The molecule has 0 aliphatic carbocycles. The lowest BCUT2D eigenvalue weighted by Crippen LogP contribution is -2.54. The molecule has 0 fully saturated rings. The van der Waals surface area contributed by atoms with E-state index in [0.29, 0.717) is 12.0 Å². The number of esters is 1. The Kier molecular flexibility index (Phi) is 9.11. The molecule has 2 atom stereocenters. The van der Waals surface area contributed by atoms with Crippen LogP contribution in [0.1, 0.15) is 43.1 Å². The maximum Gasteiger partial charge on any atom is 0.308 e. The molecule has 2 unspecified atom stereocenters. The summed E-state index contributed by atoms with van der Waals surface area (Å²) in [7, 11) is 1.28. The quantitative estimate of drug-likeness (QED) is 0.400. The van der Waals surface area contributed by atoms with Gasteiger partial charge in [-0.1, -0.05) is 37.3 Å². The summed E-state index contributed by atoms with van der Waals surface area (Å²) in [6.07, 6.45) is 2.20. The Balaban J connectivity index is 1.74. The van der Waals surface area contributed by atoms with Crippen LogP contribution < -0.4 is 10.6 Å². The lowest BCUT2D eigenvalue weighted by atomic mass is 9.93. The van der Waals surface area contributed by atoms with Crippen LogP contribution in [0.4, 0.5) is 4.39 Å². The van der Waals surface area contributed by atoms with E-state index in [-0.39, 0.29) is 12.2 Å². The number of benzene rings is 2. The summed E-state index contributed by atoms with van der Waals surface area (Å²) < 4.78 is 18.1. The van der Waals surface area contributed by atoms with Crippen molar-refractivity contribution in [2.45, 2.75) is 45.2 Å². The van der Waals surface area contributed by atoms with E-state index in [1.165, 1.54) is 19.2 Å². The van der Waals surface area contributed by atoms with Gasteiger partial charge in [-0.25, -0.2) is 4.39 Å². The van der Waals surface area contributed by atoms with E-state index in [1.54, 1.807) is 49.5 Å². The molecule has 0 bridgehead atoms. The first-order valence-electron chi connectivity index (χ1n) is 12.0. The number of amides is 2. The average Bonchev–Trinajstić information content (AvgIpc) is 2.89. The van der Waals surface area contributed by atoms with Gasteiger partial charge in [-0.2, -0.15) is 0 Å². The zero-order chi connectivity index (χ0) is 27.0. The fourth-order valence-corrected chi connectivity index (χ4v) is 4.03. The van der Waals surface area contributed by atoms with Crippen LogP contribution in [-0.4, -0.2) is 41.5 Å². The molecular formula is C29H32FN3O4. The molecule has 0 saturated carbocycles. The SMILES string of the molecule is COC(=O)C(C)CC(NC(=O)c1ccc(-c2ccccn2)cc1)C(=O)NC(C)(C)Cc1ccc(F)cc1. The van der Waals surface area contributed by atoms with Gasteiger partial charge >= 0.3 is 5.97 Å². The average molecular weight is 506 g/mol. The third-order valence-electron chi connectivity index (χ3n) is 5.94. The number of halogens is 1. The Labute approximate surface area is 216 Å². The maximum absolute atomic E-state index is 13.3. The zero-order valence-corrected chi connectivity index (χ0v) is 21.5. The minimum atomic E-state index is -0.982. The fraction of sp³-hybridized carbons (Fsp3) is 0.310. The van der Waals surface area contributed by atoms with Crippen LogP contribution in [0.25, 0.3) is 11.3 Å². The number of pyridine rings is 1. The molecule has 0 aliphatic heterocycles. The fourth-order valence-electron chi connectivity index (χ4n) is 4.03. The number of carbonyl (C=O) groups excluding carboxylic acids is 3. The van der Waals surface area contributed by atoms with Crippen molar-refractivity contribution in [1.29, 1.82) is 0 Å². The predicted molar refractivity (Wildman–Crippen MR) is 139 cm³/mol. The molecule has 0 aliphatic rings. The Hall–Kier alpha value is -4.07. The summed E-state index contributed by atoms with van der Waals surface area (Å²) in [5.74, 6) is -2.30. The minimum Gasteiger partial charge on any atom is -0.469 e. The summed E-state index contributed by atoms with van der Waals surface area (Å²) >= 11 is 0. The number of rotatable bonds is 10. The van der Waals surface area contributed by atoms with Crippen molar-refractivity contribution in [2.75, 3.05) is 7.11 Å². The van der Waals surface area contributed by atoms with E-state index < -0.39 is 35.3 Å². The van der Waals surface area contributed by atoms with Gasteiger partial charge in [0, 0.05) is 22.9 Å². The van der Waals surface area contributed by atoms with Gasteiger partial charge in [0.05, 0.1) is 18.7 Å². The molecule has 2 N–H and O–H groups in total. The highest BCUT2D eigenvalue weighted by Gasteiger charge is 2.30. The molecule has 8 heteroatoms. The van der Waals surface area contributed by atoms with Crippen LogP contribution >= 0.6 is 0 Å². The van der Waals surface area contributed by atoms with Gasteiger partial charge in [-0.05, 0) is 68.7 Å². The third kappa shape index (κ3) is 7.96. The second-order valence-electron chi connectivity index (χ2n) is 9.65. The van der Waals surface area contributed by atoms with E-state index in [4.69, 9.17) is 4.74 Å². The van der Waals surface area contributed by atoms with Crippen molar-refractivity contribution in [3.8, 4) is 11.3 Å².